The Morgan fingerprint density at radius 1 is 1.10 bits per heavy atom. The molecule has 0 radical (unpaired) electrons. The van der Waals surface area contributed by atoms with E-state index < -0.39 is 0 Å². The van der Waals surface area contributed by atoms with Gasteiger partial charge >= 0.3 is 0 Å². The molecule has 1 atom stereocenters. The Kier molecular flexibility index (Phi) is 6.26. The Bertz CT molecular complexity index is 1150. The summed E-state index contributed by atoms with van der Waals surface area (Å²) in [7, 11) is 0. The van der Waals surface area contributed by atoms with Crippen molar-refractivity contribution in [2.75, 3.05) is 6.61 Å². The van der Waals surface area contributed by atoms with Gasteiger partial charge in [0.2, 0.25) is 0 Å². The van der Waals surface area contributed by atoms with Crippen LogP contribution in [0.1, 0.15) is 41.1 Å². The number of para-hydroxylation sites is 2. The molecular weight excluding hydrogens is 388 g/mol. The summed E-state index contributed by atoms with van der Waals surface area (Å²) in [6.07, 6.45) is 4.04. The van der Waals surface area contributed by atoms with E-state index in [9.17, 15) is 4.79 Å². The first kappa shape index (κ1) is 20.6. The zero-order chi connectivity index (χ0) is 21.6. The number of nitrogens with zero attached hydrogens (tertiary/aromatic N) is 3. The van der Waals surface area contributed by atoms with Crippen molar-refractivity contribution in [3.05, 3.63) is 90.0 Å². The number of nitrogens with one attached hydrogen (secondary N) is 1. The maximum absolute atomic E-state index is 12.6. The van der Waals surface area contributed by atoms with Crippen molar-refractivity contribution < 1.29 is 9.53 Å². The third-order valence-electron chi connectivity index (χ3n) is 5.16. The van der Waals surface area contributed by atoms with E-state index in [1.165, 1.54) is 5.56 Å². The lowest BCUT2D eigenvalue weighted by atomic mass is 10.2. The Labute approximate surface area is 181 Å². The second kappa shape index (κ2) is 9.43. The molecule has 0 spiro atoms. The summed E-state index contributed by atoms with van der Waals surface area (Å²) in [5.74, 6) is 1.54. The van der Waals surface area contributed by atoms with Crippen LogP contribution in [-0.2, 0) is 6.54 Å². The van der Waals surface area contributed by atoms with Crippen LogP contribution in [0.15, 0.2) is 73.1 Å². The largest absolute Gasteiger partial charge is 0.494 e. The molecule has 0 bridgehead atoms. The molecule has 1 amide bonds. The molecule has 1 N–H and O–H groups in total. The van der Waals surface area contributed by atoms with Crippen molar-refractivity contribution in [2.45, 2.75) is 32.9 Å². The molecule has 6 heteroatoms. The molecule has 4 aromatic rings. The zero-order valence-corrected chi connectivity index (χ0v) is 17.8. The van der Waals surface area contributed by atoms with E-state index >= 15 is 0 Å². The molecule has 4 rings (SSSR count). The van der Waals surface area contributed by atoms with E-state index in [0.29, 0.717) is 12.2 Å². The summed E-state index contributed by atoms with van der Waals surface area (Å²) in [6, 6.07) is 19.4. The van der Waals surface area contributed by atoms with Gasteiger partial charge in [0.05, 0.1) is 29.2 Å². The second-order valence-electron chi connectivity index (χ2n) is 7.56. The smallest absolute Gasteiger partial charge is 0.253 e. The number of carbonyl (C=O) groups is 1. The lowest BCUT2D eigenvalue weighted by Gasteiger charge is -2.16. The number of aryl methyl sites for hydroxylation is 2. The van der Waals surface area contributed by atoms with Crippen molar-refractivity contribution in [1.82, 2.24) is 19.9 Å². The summed E-state index contributed by atoms with van der Waals surface area (Å²) in [4.78, 5) is 21.4. The minimum Gasteiger partial charge on any atom is -0.494 e. The third kappa shape index (κ3) is 4.91. The van der Waals surface area contributed by atoms with Gasteiger partial charge in [-0.15, -0.1) is 0 Å². The van der Waals surface area contributed by atoms with Crippen molar-refractivity contribution >= 4 is 16.9 Å². The number of benzene rings is 2. The number of imidazole rings is 1. The first-order chi connectivity index (χ1) is 15.1. The molecule has 6 nitrogen and oxygen atoms in total. The number of amides is 1. The Morgan fingerprint density at radius 2 is 1.90 bits per heavy atom. The van der Waals surface area contributed by atoms with Gasteiger partial charge in [0, 0.05) is 18.9 Å². The van der Waals surface area contributed by atoms with Crippen LogP contribution in [0.4, 0.5) is 0 Å². The van der Waals surface area contributed by atoms with Crippen LogP contribution in [-0.4, -0.2) is 27.0 Å². The van der Waals surface area contributed by atoms with Crippen LogP contribution in [0.5, 0.6) is 5.75 Å². The fourth-order valence-corrected chi connectivity index (χ4v) is 3.55. The van der Waals surface area contributed by atoms with Crippen LogP contribution in [0.2, 0.25) is 0 Å². The molecule has 0 saturated heterocycles. The highest BCUT2D eigenvalue weighted by molar-refractivity contribution is 5.94. The third-order valence-corrected chi connectivity index (χ3v) is 5.16. The van der Waals surface area contributed by atoms with E-state index in [4.69, 9.17) is 9.72 Å². The van der Waals surface area contributed by atoms with Crippen molar-refractivity contribution in [2.24, 2.45) is 0 Å². The lowest BCUT2D eigenvalue weighted by Crippen LogP contribution is -2.29. The molecule has 2 heterocycles. The van der Waals surface area contributed by atoms with Gasteiger partial charge in [0.15, 0.2) is 0 Å². The van der Waals surface area contributed by atoms with Gasteiger partial charge in [0.25, 0.3) is 5.91 Å². The number of ether oxygens (including phenoxy) is 1. The quantitative estimate of drug-likeness (QED) is 0.424. The topological polar surface area (TPSA) is 69.0 Å². The lowest BCUT2D eigenvalue weighted by molar-refractivity contribution is 0.0937. The minimum absolute atomic E-state index is 0.165. The highest BCUT2D eigenvalue weighted by Gasteiger charge is 2.19. The monoisotopic (exact) mass is 414 g/mol. The molecule has 0 saturated carbocycles. The van der Waals surface area contributed by atoms with Gasteiger partial charge in [-0.05, 0) is 56.7 Å². The number of hydrogen-bond acceptors (Lipinski definition) is 4. The summed E-state index contributed by atoms with van der Waals surface area (Å²) in [5, 5.41) is 3.04. The fourth-order valence-electron chi connectivity index (χ4n) is 3.55. The summed E-state index contributed by atoms with van der Waals surface area (Å²) in [5.41, 5.74) is 3.71. The van der Waals surface area contributed by atoms with E-state index in [0.717, 1.165) is 35.6 Å². The van der Waals surface area contributed by atoms with Crippen molar-refractivity contribution in [3.63, 3.8) is 0 Å². The van der Waals surface area contributed by atoms with E-state index in [1.54, 1.807) is 24.5 Å². The SMILES string of the molecule is Cc1ccc(OCCCn2c(C(C)NC(=O)c3cccnc3)nc3ccccc32)cc1. The molecule has 1 unspecified atom stereocenters. The fraction of sp³-hybridized carbons (Fsp3) is 0.240. The Balaban J connectivity index is 1.47. The molecule has 2 aromatic carbocycles. The average molecular weight is 415 g/mol. The zero-order valence-electron chi connectivity index (χ0n) is 17.8. The standard InChI is InChI=1S/C25H26N4O2/c1-18-10-12-21(13-11-18)31-16-6-15-29-23-9-4-3-8-22(23)28-24(29)19(2)27-25(30)20-7-5-14-26-17-20/h3-5,7-14,17,19H,6,15-16H2,1-2H3,(H,27,30). The molecule has 0 aliphatic rings. The van der Waals surface area contributed by atoms with E-state index in [-0.39, 0.29) is 11.9 Å². The predicted molar refractivity (Wildman–Crippen MR) is 121 cm³/mol. The number of rotatable bonds is 8. The van der Waals surface area contributed by atoms with E-state index in [1.807, 2.05) is 49.4 Å². The van der Waals surface area contributed by atoms with Crippen LogP contribution in [0.3, 0.4) is 0 Å². The van der Waals surface area contributed by atoms with Gasteiger partial charge in [-0.3, -0.25) is 9.78 Å². The average Bonchev–Trinajstić information content (AvgIpc) is 3.17. The summed E-state index contributed by atoms with van der Waals surface area (Å²) >= 11 is 0. The van der Waals surface area contributed by atoms with Gasteiger partial charge in [-0.1, -0.05) is 29.8 Å². The molecule has 0 fully saturated rings. The van der Waals surface area contributed by atoms with Gasteiger partial charge in [-0.2, -0.15) is 0 Å². The first-order valence-electron chi connectivity index (χ1n) is 10.5. The minimum atomic E-state index is -0.252. The Morgan fingerprint density at radius 3 is 2.68 bits per heavy atom. The number of aromatic nitrogens is 3. The highest BCUT2D eigenvalue weighted by atomic mass is 16.5. The number of fused-ring (bicyclic) bond motifs is 1. The highest BCUT2D eigenvalue weighted by Crippen LogP contribution is 2.22. The van der Waals surface area contributed by atoms with Gasteiger partial charge in [0.1, 0.15) is 11.6 Å². The molecular formula is C25H26N4O2. The predicted octanol–water partition coefficient (Wildman–Crippen LogP) is 4.70. The van der Waals surface area contributed by atoms with Gasteiger partial charge < -0.3 is 14.6 Å². The number of pyridine rings is 1. The Hall–Kier alpha value is -3.67. The summed E-state index contributed by atoms with van der Waals surface area (Å²) in [6.45, 7) is 5.36. The van der Waals surface area contributed by atoms with Crippen LogP contribution >= 0.6 is 0 Å². The van der Waals surface area contributed by atoms with Crippen LogP contribution in [0, 0.1) is 6.92 Å². The molecule has 2 aromatic heterocycles. The molecule has 0 aliphatic carbocycles. The normalized spacial score (nSPS) is 11.9. The van der Waals surface area contributed by atoms with Gasteiger partial charge in [-0.25, -0.2) is 4.98 Å². The number of carbonyl (C=O) groups excluding carboxylic acids is 1. The van der Waals surface area contributed by atoms with E-state index in [2.05, 4.69) is 27.9 Å². The molecule has 158 valence electrons. The molecule has 0 aliphatic heterocycles. The van der Waals surface area contributed by atoms with Crippen molar-refractivity contribution in [1.29, 1.82) is 0 Å². The summed E-state index contributed by atoms with van der Waals surface area (Å²) < 4.78 is 8.05. The van der Waals surface area contributed by atoms with Crippen LogP contribution < -0.4 is 10.1 Å². The van der Waals surface area contributed by atoms with Crippen molar-refractivity contribution in [3.8, 4) is 5.75 Å². The maximum atomic E-state index is 12.6. The second-order valence-corrected chi connectivity index (χ2v) is 7.56. The maximum Gasteiger partial charge on any atom is 0.253 e. The first-order valence-corrected chi connectivity index (χ1v) is 10.5. The van der Waals surface area contributed by atoms with Crippen LogP contribution in [0.25, 0.3) is 11.0 Å². The molecule has 31 heavy (non-hydrogen) atoms. The number of hydrogen-bond donors (Lipinski definition) is 1.